The van der Waals surface area contributed by atoms with Crippen molar-refractivity contribution in [2.24, 2.45) is 5.92 Å². The molecular formula is C11H8ClF4NO2. The van der Waals surface area contributed by atoms with Gasteiger partial charge in [0.25, 0.3) is 0 Å². The number of hydrogen-bond acceptors (Lipinski definition) is 2. The van der Waals surface area contributed by atoms with E-state index in [0.29, 0.717) is 0 Å². The Hall–Kier alpha value is -1.34. The number of nitrogens with one attached hydrogen (secondary N) is 1. The first kappa shape index (κ1) is 14.1. The summed E-state index contributed by atoms with van der Waals surface area (Å²) in [7, 11) is 0. The number of rotatable bonds is 2. The third-order valence-electron chi connectivity index (χ3n) is 3.07. The summed E-state index contributed by atoms with van der Waals surface area (Å²) in [5.41, 5.74) is -0.858. The van der Waals surface area contributed by atoms with Crippen LogP contribution in [0.25, 0.3) is 0 Å². The highest BCUT2D eigenvalue weighted by Gasteiger charge is 2.36. The third-order valence-corrected chi connectivity index (χ3v) is 3.40. The SMILES string of the molecule is O=C(O)C1CNC(c2c(F)c(F)c(Cl)c(F)c2F)C1. The maximum atomic E-state index is 13.6. The highest BCUT2D eigenvalue weighted by molar-refractivity contribution is 6.30. The summed E-state index contributed by atoms with van der Waals surface area (Å²) in [5.74, 6) is -8.59. The number of hydrogen-bond donors (Lipinski definition) is 2. The fraction of sp³-hybridized carbons (Fsp3) is 0.364. The molecule has 1 aliphatic heterocycles. The van der Waals surface area contributed by atoms with Crippen LogP contribution < -0.4 is 5.32 Å². The molecule has 0 radical (unpaired) electrons. The second kappa shape index (κ2) is 4.97. The fourth-order valence-electron chi connectivity index (χ4n) is 2.07. The van der Waals surface area contributed by atoms with Crippen LogP contribution in [0.5, 0.6) is 0 Å². The Labute approximate surface area is 110 Å². The van der Waals surface area contributed by atoms with E-state index in [1.165, 1.54) is 0 Å². The lowest BCUT2D eigenvalue weighted by molar-refractivity contribution is -0.141. The predicted molar refractivity (Wildman–Crippen MR) is 57.8 cm³/mol. The summed E-state index contributed by atoms with van der Waals surface area (Å²) in [6.07, 6.45) is -0.163. The van der Waals surface area contributed by atoms with Gasteiger partial charge in [-0.25, -0.2) is 17.6 Å². The average molecular weight is 298 g/mol. The van der Waals surface area contributed by atoms with Crippen LogP contribution >= 0.6 is 11.6 Å². The number of aliphatic carboxylic acids is 1. The minimum Gasteiger partial charge on any atom is -0.481 e. The van der Waals surface area contributed by atoms with Crippen molar-refractivity contribution in [3.63, 3.8) is 0 Å². The second-order valence-electron chi connectivity index (χ2n) is 4.22. The summed E-state index contributed by atoms with van der Waals surface area (Å²) in [4.78, 5) is 10.7. The van der Waals surface area contributed by atoms with Gasteiger partial charge >= 0.3 is 5.97 Å². The van der Waals surface area contributed by atoms with E-state index in [2.05, 4.69) is 5.32 Å². The van der Waals surface area contributed by atoms with Gasteiger partial charge in [-0.05, 0) is 6.42 Å². The van der Waals surface area contributed by atoms with Crippen molar-refractivity contribution in [3.05, 3.63) is 33.9 Å². The third kappa shape index (κ3) is 2.28. The van der Waals surface area contributed by atoms with Gasteiger partial charge in [-0.2, -0.15) is 0 Å². The summed E-state index contributed by atoms with van der Waals surface area (Å²) < 4.78 is 53.8. The van der Waals surface area contributed by atoms with Crippen LogP contribution in [0.15, 0.2) is 0 Å². The van der Waals surface area contributed by atoms with Crippen molar-refractivity contribution >= 4 is 17.6 Å². The molecule has 0 bridgehead atoms. The molecule has 8 heteroatoms. The molecule has 0 saturated carbocycles. The molecule has 3 nitrogen and oxygen atoms in total. The molecule has 0 amide bonds. The molecular weight excluding hydrogens is 290 g/mol. The largest absolute Gasteiger partial charge is 0.481 e. The topological polar surface area (TPSA) is 49.3 Å². The molecule has 0 aromatic heterocycles. The molecule has 1 heterocycles. The first-order chi connectivity index (χ1) is 8.84. The van der Waals surface area contributed by atoms with Crippen LogP contribution in [0.2, 0.25) is 5.02 Å². The molecule has 19 heavy (non-hydrogen) atoms. The van der Waals surface area contributed by atoms with E-state index in [1.54, 1.807) is 0 Å². The van der Waals surface area contributed by atoms with Crippen molar-refractivity contribution in [1.82, 2.24) is 5.32 Å². The van der Waals surface area contributed by atoms with Gasteiger partial charge in [0.1, 0.15) is 5.02 Å². The normalized spacial score (nSPS) is 22.8. The summed E-state index contributed by atoms with van der Waals surface area (Å²) in [5, 5.41) is 10.0. The molecule has 0 aliphatic carbocycles. The van der Waals surface area contributed by atoms with Gasteiger partial charge in [0, 0.05) is 18.2 Å². The summed E-state index contributed by atoms with van der Waals surface area (Å²) >= 11 is 5.10. The Balaban J connectivity index is 2.44. The maximum Gasteiger partial charge on any atom is 0.307 e. The molecule has 0 spiro atoms. The standard InChI is InChI=1S/C11H8ClF4NO2/c12-6-9(15)7(13)5(8(14)10(6)16)4-1-3(2-17-4)11(18)19/h3-4,17H,1-2H2,(H,18,19). The van der Waals surface area contributed by atoms with Gasteiger partial charge in [-0.3, -0.25) is 4.79 Å². The van der Waals surface area contributed by atoms with Crippen molar-refractivity contribution < 1.29 is 27.5 Å². The van der Waals surface area contributed by atoms with E-state index in [9.17, 15) is 22.4 Å². The van der Waals surface area contributed by atoms with Crippen molar-refractivity contribution in [1.29, 1.82) is 0 Å². The maximum absolute atomic E-state index is 13.6. The van der Waals surface area contributed by atoms with E-state index in [1.807, 2.05) is 0 Å². The van der Waals surface area contributed by atoms with E-state index >= 15 is 0 Å². The predicted octanol–water partition coefficient (Wildman–Crippen LogP) is 2.63. The lowest BCUT2D eigenvalue weighted by Gasteiger charge is -2.14. The molecule has 1 aromatic rings. The van der Waals surface area contributed by atoms with Crippen LogP contribution in [-0.4, -0.2) is 17.6 Å². The second-order valence-corrected chi connectivity index (χ2v) is 4.59. The van der Waals surface area contributed by atoms with Gasteiger partial charge < -0.3 is 10.4 Å². The highest BCUT2D eigenvalue weighted by atomic mass is 35.5. The summed E-state index contributed by atoms with van der Waals surface area (Å²) in [6, 6.07) is -1.11. The molecule has 104 valence electrons. The van der Waals surface area contributed by atoms with Crippen molar-refractivity contribution in [3.8, 4) is 0 Å². The van der Waals surface area contributed by atoms with E-state index in [-0.39, 0.29) is 13.0 Å². The van der Waals surface area contributed by atoms with Gasteiger partial charge in [-0.15, -0.1) is 0 Å². The van der Waals surface area contributed by atoms with Crippen LogP contribution in [0.1, 0.15) is 18.0 Å². The van der Waals surface area contributed by atoms with Crippen molar-refractivity contribution in [2.75, 3.05) is 6.54 Å². The van der Waals surface area contributed by atoms with E-state index < -0.39 is 51.8 Å². The molecule has 1 aromatic carbocycles. The van der Waals surface area contributed by atoms with Crippen LogP contribution in [-0.2, 0) is 4.79 Å². The van der Waals surface area contributed by atoms with Crippen LogP contribution in [0.3, 0.4) is 0 Å². The zero-order valence-corrected chi connectivity index (χ0v) is 10.1. The Morgan fingerprint density at radius 1 is 1.16 bits per heavy atom. The average Bonchev–Trinajstić information content (AvgIpc) is 2.84. The molecule has 2 atom stereocenters. The monoisotopic (exact) mass is 297 g/mol. The van der Waals surface area contributed by atoms with Gasteiger partial charge in [0.05, 0.1) is 5.92 Å². The van der Waals surface area contributed by atoms with E-state index in [4.69, 9.17) is 16.7 Å². The molecule has 1 aliphatic rings. The molecule has 2 rings (SSSR count). The number of halogens is 5. The molecule has 2 unspecified atom stereocenters. The number of benzene rings is 1. The Bertz CT molecular complexity index is 523. The Kier molecular flexibility index (Phi) is 3.69. The highest BCUT2D eigenvalue weighted by Crippen LogP contribution is 2.35. The quantitative estimate of drug-likeness (QED) is 0.501. The zero-order chi connectivity index (χ0) is 14.3. The van der Waals surface area contributed by atoms with Gasteiger partial charge in [0.2, 0.25) is 0 Å². The Morgan fingerprint density at radius 2 is 1.68 bits per heavy atom. The molecule has 2 N–H and O–H groups in total. The number of carbonyl (C=O) groups is 1. The van der Waals surface area contributed by atoms with Gasteiger partial charge in [-0.1, -0.05) is 11.6 Å². The summed E-state index contributed by atoms with van der Waals surface area (Å²) in [6.45, 7) is -0.0370. The number of carboxylic acid groups (broad SMARTS) is 1. The lowest BCUT2D eigenvalue weighted by atomic mass is 9.99. The molecule has 1 fully saturated rings. The first-order valence-electron chi connectivity index (χ1n) is 5.32. The zero-order valence-electron chi connectivity index (χ0n) is 9.31. The fourth-order valence-corrected chi connectivity index (χ4v) is 2.24. The number of carboxylic acids is 1. The van der Waals surface area contributed by atoms with E-state index in [0.717, 1.165) is 0 Å². The Morgan fingerprint density at radius 3 is 2.11 bits per heavy atom. The lowest BCUT2D eigenvalue weighted by Crippen LogP contribution is -2.19. The molecule has 1 saturated heterocycles. The van der Waals surface area contributed by atoms with Gasteiger partial charge in [0.15, 0.2) is 23.3 Å². The first-order valence-corrected chi connectivity index (χ1v) is 5.69. The van der Waals surface area contributed by atoms with Crippen LogP contribution in [0.4, 0.5) is 17.6 Å². The van der Waals surface area contributed by atoms with Crippen LogP contribution in [0, 0.1) is 29.2 Å². The van der Waals surface area contributed by atoms with Crippen molar-refractivity contribution in [2.45, 2.75) is 12.5 Å². The minimum atomic E-state index is -1.68. The smallest absolute Gasteiger partial charge is 0.307 e. The minimum absolute atomic E-state index is 0.0370.